The van der Waals surface area contributed by atoms with Crippen molar-refractivity contribution in [3.05, 3.63) is 30.1 Å². The average Bonchev–Trinajstić information content (AvgIpc) is 3.20. The van der Waals surface area contributed by atoms with Gasteiger partial charge in [0.05, 0.1) is 0 Å². The van der Waals surface area contributed by atoms with Crippen LogP contribution in [0.3, 0.4) is 0 Å². The second-order valence-electron chi connectivity index (χ2n) is 9.11. The largest absolute Gasteiger partial charge is 0.354 e. The Labute approximate surface area is 190 Å². The van der Waals surface area contributed by atoms with Gasteiger partial charge < -0.3 is 20.9 Å². The maximum Gasteiger partial charge on any atom is 0.246 e. The zero-order valence-corrected chi connectivity index (χ0v) is 18.3. The summed E-state index contributed by atoms with van der Waals surface area (Å²) in [5.41, 5.74) is 1.99. The first-order chi connectivity index (χ1) is 16.1. The van der Waals surface area contributed by atoms with Crippen molar-refractivity contribution in [1.82, 2.24) is 35.4 Å². The molecule has 11 heteroatoms. The Morgan fingerprint density at radius 2 is 2.12 bits per heavy atom. The molecule has 0 radical (unpaired) electrons. The monoisotopic (exact) mass is 449 g/mol. The van der Waals surface area contributed by atoms with Crippen LogP contribution in [-0.4, -0.2) is 61.8 Å². The number of rotatable bonds is 6. The van der Waals surface area contributed by atoms with E-state index in [4.69, 9.17) is 4.98 Å². The van der Waals surface area contributed by atoms with Crippen molar-refractivity contribution >= 4 is 34.9 Å². The molecule has 11 nitrogen and oxygen atoms in total. The quantitative estimate of drug-likeness (QED) is 0.448. The zero-order valence-electron chi connectivity index (χ0n) is 18.3. The van der Waals surface area contributed by atoms with E-state index in [1.165, 1.54) is 12.8 Å². The Kier molecular flexibility index (Phi) is 4.88. The molecule has 33 heavy (non-hydrogen) atoms. The van der Waals surface area contributed by atoms with Crippen molar-refractivity contribution in [3.63, 3.8) is 0 Å². The second-order valence-corrected chi connectivity index (χ2v) is 9.11. The van der Waals surface area contributed by atoms with E-state index < -0.39 is 0 Å². The molecule has 2 saturated heterocycles. The lowest BCUT2D eigenvalue weighted by Crippen LogP contribution is -2.52. The summed E-state index contributed by atoms with van der Waals surface area (Å²) < 4.78 is 1.78. The number of anilines is 3. The van der Waals surface area contributed by atoms with Crippen molar-refractivity contribution < 1.29 is 9.59 Å². The van der Waals surface area contributed by atoms with Gasteiger partial charge in [0.2, 0.25) is 17.8 Å². The highest BCUT2D eigenvalue weighted by Gasteiger charge is 2.35. The van der Waals surface area contributed by atoms with Crippen LogP contribution in [-0.2, 0) is 9.59 Å². The summed E-state index contributed by atoms with van der Waals surface area (Å²) in [6.45, 7) is 1.18. The van der Waals surface area contributed by atoms with Crippen LogP contribution in [0.5, 0.6) is 0 Å². The first-order valence-electron chi connectivity index (χ1n) is 11.7. The van der Waals surface area contributed by atoms with Crippen LogP contribution in [0.1, 0.15) is 50.1 Å². The van der Waals surface area contributed by atoms with Crippen LogP contribution >= 0.6 is 0 Å². The molecule has 4 N–H and O–H groups in total. The number of piperidine rings is 1. The maximum absolute atomic E-state index is 13.1. The predicted octanol–water partition coefficient (Wildman–Crippen LogP) is 1.44. The SMILES string of the molecule is O=C1CC[C@H](NC(=O)C2CCCN2c2nc(Nc3cc(C4CC4)[nH]n3)c3cccn3n2)CN1. The van der Waals surface area contributed by atoms with Gasteiger partial charge in [0, 0.05) is 49.4 Å². The summed E-state index contributed by atoms with van der Waals surface area (Å²) in [6, 6.07) is 5.53. The van der Waals surface area contributed by atoms with Crippen molar-refractivity contribution in [2.75, 3.05) is 23.3 Å². The van der Waals surface area contributed by atoms with Crippen LogP contribution in [0.25, 0.3) is 5.52 Å². The van der Waals surface area contributed by atoms with Gasteiger partial charge in [-0.2, -0.15) is 10.1 Å². The molecule has 1 aliphatic carbocycles. The highest BCUT2D eigenvalue weighted by atomic mass is 16.2. The van der Waals surface area contributed by atoms with E-state index in [2.05, 4.69) is 31.2 Å². The van der Waals surface area contributed by atoms with E-state index in [0.717, 1.165) is 29.9 Å². The molecule has 2 amide bonds. The topological polar surface area (TPSA) is 132 Å². The number of nitrogens with one attached hydrogen (secondary N) is 4. The van der Waals surface area contributed by atoms with E-state index >= 15 is 0 Å². The molecule has 3 aromatic rings. The number of fused-ring (bicyclic) bond motifs is 1. The molecule has 2 atom stereocenters. The minimum absolute atomic E-state index is 0.0388. The molecule has 0 spiro atoms. The molecule has 172 valence electrons. The number of amides is 2. The summed E-state index contributed by atoms with van der Waals surface area (Å²) in [5, 5.41) is 21.4. The third-order valence-electron chi connectivity index (χ3n) is 6.67. The molecule has 3 aliphatic rings. The van der Waals surface area contributed by atoms with Crippen LogP contribution < -0.4 is 20.9 Å². The molecule has 3 fully saturated rings. The number of carbonyl (C=O) groups excluding carboxylic acids is 2. The first-order valence-corrected chi connectivity index (χ1v) is 11.7. The minimum Gasteiger partial charge on any atom is -0.354 e. The summed E-state index contributed by atoms with van der Waals surface area (Å²) in [6.07, 6.45) is 7.02. The average molecular weight is 450 g/mol. The molecule has 0 bridgehead atoms. The summed E-state index contributed by atoms with van der Waals surface area (Å²) in [7, 11) is 0. The van der Waals surface area contributed by atoms with Crippen LogP contribution in [0.4, 0.5) is 17.6 Å². The Morgan fingerprint density at radius 3 is 2.94 bits per heavy atom. The third kappa shape index (κ3) is 3.98. The number of hydrogen-bond acceptors (Lipinski definition) is 7. The van der Waals surface area contributed by atoms with E-state index in [1.54, 1.807) is 4.52 Å². The van der Waals surface area contributed by atoms with Gasteiger partial charge in [-0.3, -0.25) is 14.7 Å². The van der Waals surface area contributed by atoms with E-state index in [0.29, 0.717) is 43.6 Å². The Balaban J connectivity index is 1.23. The Hall–Kier alpha value is -3.63. The Bertz CT molecular complexity index is 1190. The van der Waals surface area contributed by atoms with Gasteiger partial charge in [-0.05, 0) is 44.2 Å². The zero-order chi connectivity index (χ0) is 22.4. The number of carbonyl (C=O) groups is 2. The molecule has 1 unspecified atom stereocenters. The fourth-order valence-corrected chi connectivity index (χ4v) is 4.69. The van der Waals surface area contributed by atoms with Crippen molar-refractivity contribution in [3.8, 4) is 0 Å². The summed E-state index contributed by atoms with van der Waals surface area (Å²) in [4.78, 5) is 31.3. The van der Waals surface area contributed by atoms with E-state index in [-0.39, 0.29) is 23.9 Å². The van der Waals surface area contributed by atoms with Gasteiger partial charge in [-0.1, -0.05) is 0 Å². The Morgan fingerprint density at radius 1 is 1.21 bits per heavy atom. The molecule has 5 heterocycles. The number of nitrogens with zero attached hydrogens (tertiary/aromatic N) is 5. The second kappa shape index (κ2) is 8.05. The number of hydrogen-bond donors (Lipinski definition) is 4. The van der Waals surface area contributed by atoms with Crippen molar-refractivity contribution in [2.45, 2.75) is 56.5 Å². The van der Waals surface area contributed by atoms with Crippen molar-refractivity contribution in [2.24, 2.45) is 0 Å². The maximum atomic E-state index is 13.1. The minimum atomic E-state index is -0.338. The normalized spacial score (nSPS) is 23.0. The molecular weight excluding hydrogens is 422 g/mol. The molecule has 2 aliphatic heterocycles. The standard InChI is InChI=1S/C22H27N9O2/c32-19-8-7-14(12-23-19)24-21(33)17-4-1-9-30(17)22-26-20(16-3-2-10-31(16)29-22)25-18-11-15(27-28-18)13-5-6-13/h2-3,10-11,13-14,17H,1,4-9,12H2,(H,23,32)(H,24,33)(H2,25,26,27,28,29)/t14-,17?/m0/s1. The van der Waals surface area contributed by atoms with Gasteiger partial charge in [-0.25, -0.2) is 4.52 Å². The summed E-state index contributed by atoms with van der Waals surface area (Å²) in [5.74, 6) is 2.47. The van der Waals surface area contributed by atoms with Gasteiger partial charge in [0.15, 0.2) is 11.6 Å². The lowest BCUT2D eigenvalue weighted by atomic mass is 10.1. The van der Waals surface area contributed by atoms with E-state index in [1.807, 2.05) is 29.3 Å². The van der Waals surface area contributed by atoms with Gasteiger partial charge in [-0.15, -0.1) is 5.10 Å². The fraction of sp³-hybridized carbons (Fsp3) is 0.500. The van der Waals surface area contributed by atoms with Crippen LogP contribution in [0.2, 0.25) is 0 Å². The number of H-pyrrole nitrogens is 1. The lowest BCUT2D eigenvalue weighted by Gasteiger charge is -2.28. The predicted molar refractivity (Wildman–Crippen MR) is 121 cm³/mol. The highest BCUT2D eigenvalue weighted by molar-refractivity contribution is 5.86. The smallest absolute Gasteiger partial charge is 0.246 e. The molecule has 0 aromatic carbocycles. The molecule has 6 rings (SSSR count). The van der Waals surface area contributed by atoms with E-state index in [9.17, 15) is 9.59 Å². The van der Waals surface area contributed by atoms with Gasteiger partial charge in [0.1, 0.15) is 11.6 Å². The summed E-state index contributed by atoms with van der Waals surface area (Å²) >= 11 is 0. The third-order valence-corrected chi connectivity index (χ3v) is 6.67. The van der Waals surface area contributed by atoms with Crippen LogP contribution in [0.15, 0.2) is 24.4 Å². The van der Waals surface area contributed by atoms with Gasteiger partial charge >= 0.3 is 0 Å². The van der Waals surface area contributed by atoms with Crippen molar-refractivity contribution in [1.29, 1.82) is 0 Å². The lowest BCUT2D eigenvalue weighted by molar-refractivity contribution is -0.126. The van der Waals surface area contributed by atoms with Gasteiger partial charge in [0.25, 0.3) is 0 Å². The number of aromatic nitrogens is 5. The number of aromatic amines is 1. The first kappa shape index (κ1) is 20.0. The highest BCUT2D eigenvalue weighted by Crippen LogP contribution is 2.39. The molecule has 3 aromatic heterocycles. The molecular formula is C22H27N9O2. The van der Waals surface area contributed by atoms with Crippen LogP contribution in [0, 0.1) is 0 Å². The fourth-order valence-electron chi connectivity index (χ4n) is 4.69. The molecule has 1 saturated carbocycles.